The summed E-state index contributed by atoms with van der Waals surface area (Å²) < 4.78 is 0. The number of carbonyl (C=O) groups excluding carboxylic acids is 2. The Kier molecular flexibility index (Phi) is 4.89. The van der Waals surface area contributed by atoms with Gasteiger partial charge >= 0.3 is 6.09 Å². The zero-order chi connectivity index (χ0) is 8.69. The molecular formula is C6H12N2O3. The normalized spacial score (nSPS) is 8.55. The van der Waals surface area contributed by atoms with E-state index in [9.17, 15) is 9.59 Å². The molecule has 0 aromatic rings. The van der Waals surface area contributed by atoms with Crippen LogP contribution in [0.3, 0.4) is 0 Å². The van der Waals surface area contributed by atoms with E-state index in [1.54, 1.807) is 13.8 Å². The van der Waals surface area contributed by atoms with Gasteiger partial charge in [-0.15, -0.1) is 0 Å². The van der Waals surface area contributed by atoms with E-state index in [1.165, 1.54) is 0 Å². The van der Waals surface area contributed by atoms with Crippen molar-refractivity contribution < 1.29 is 14.4 Å². The van der Waals surface area contributed by atoms with Crippen molar-refractivity contribution in [3.63, 3.8) is 0 Å². The van der Waals surface area contributed by atoms with Gasteiger partial charge in [0.25, 0.3) is 0 Å². The fourth-order valence-electron chi connectivity index (χ4n) is 0.444. The Balaban J connectivity index is 3.62. The number of carbonyl (C=O) groups is 2. The molecule has 0 aromatic heterocycles. The fraction of sp³-hybridized carbons (Fsp3) is 0.667. The van der Waals surface area contributed by atoms with Crippen LogP contribution in [-0.4, -0.2) is 30.7 Å². The van der Waals surface area contributed by atoms with Gasteiger partial charge in [0, 0.05) is 6.54 Å². The Labute approximate surface area is 65.3 Å². The quantitative estimate of drug-likeness (QED) is 0.469. The molecule has 0 bridgehead atoms. The fourth-order valence-corrected chi connectivity index (χ4v) is 0.444. The van der Waals surface area contributed by atoms with Crippen molar-refractivity contribution in [1.29, 1.82) is 0 Å². The minimum absolute atomic E-state index is 0.348. The van der Waals surface area contributed by atoms with Gasteiger partial charge in [0.2, 0.25) is 6.41 Å². The van der Waals surface area contributed by atoms with E-state index < -0.39 is 6.09 Å². The Morgan fingerprint density at radius 1 is 1.64 bits per heavy atom. The first-order valence-corrected chi connectivity index (χ1v) is 3.42. The summed E-state index contributed by atoms with van der Waals surface area (Å²) in [7, 11) is 0. The van der Waals surface area contributed by atoms with Crippen molar-refractivity contribution >= 4 is 12.5 Å². The lowest BCUT2D eigenvalue weighted by Gasteiger charge is -2.13. The van der Waals surface area contributed by atoms with Gasteiger partial charge in [-0.05, 0) is 13.8 Å². The Morgan fingerprint density at radius 3 is 2.64 bits per heavy atom. The van der Waals surface area contributed by atoms with Gasteiger partial charge in [-0.2, -0.15) is 5.06 Å². The minimum atomic E-state index is -0.610. The molecule has 2 amide bonds. The van der Waals surface area contributed by atoms with Crippen molar-refractivity contribution in [2.45, 2.75) is 13.8 Å². The van der Waals surface area contributed by atoms with Gasteiger partial charge in [0.15, 0.2) is 0 Å². The summed E-state index contributed by atoms with van der Waals surface area (Å²) in [4.78, 5) is 25.2. The van der Waals surface area contributed by atoms with Crippen molar-refractivity contribution in [3.8, 4) is 0 Å². The van der Waals surface area contributed by atoms with Gasteiger partial charge in [0.1, 0.15) is 0 Å². The highest BCUT2D eigenvalue weighted by Gasteiger charge is 2.04. The third kappa shape index (κ3) is 4.19. The first kappa shape index (κ1) is 9.74. The Morgan fingerprint density at radius 2 is 2.27 bits per heavy atom. The summed E-state index contributed by atoms with van der Waals surface area (Å²) in [5.41, 5.74) is 0. The molecule has 5 heteroatoms. The van der Waals surface area contributed by atoms with E-state index in [1.807, 2.05) is 0 Å². The highest BCUT2D eigenvalue weighted by atomic mass is 16.7. The first-order chi connectivity index (χ1) is 5.24. The monoisotopic (exact) mass is 160 g/mol. The molecule has 64 valence electrons. The average Bonchev–Trinajstić information content (AvgIpc) is 2.01. The predicted molar refractivity (Wildman–Crippen MR) is 38.6 cm³/mol. The maximum Gasteiger partial charge on any atom is 0.431 e. The van der Waals surface area contributed by atoms with Crippen molar-refractivity contribution in [3.05, 3.63) is 0 Å². The number of hydroxylamine groups is 2. The molecule has 0 aromatic carbocycles. The number of rotatable bonds is 4. The summed E-state index contributed by atoms with van der Waals surface area (Å²) in [5.74, 6) is 0. The first-order valence-electron chi connectivity index (χ1n) is 3.42. The number of hydrogen-bond donors (Lipinski definition) is 1. The SMILES string of the molecule is CCNC(=O)ON(C=O)CC. The molecule has 0 aliphatic heterocycles. The van der Waals surface area contributed by atoms with Crippen LogP contribution in [0.1, 0.15) is 13.8 Å². The Hall–Kier alpha value is -1.26. The van der Waals surface area contributed by atoms with Gasteiger partial charge in [-0.25, -0.2) is 4.79 Å². The van der Waals surface area contributed by atoms with Crippen molar-refractivity contribution in [2.75, 3.05) is 13.1 Å². The van der Waals surface area contributed by atoms with Crippen LogP contribution >= 0.6 is 0 Å². The van der Waals surface area contributed by atoms with E-state index in [0.29, 0.717) is 19.5 Å². The molecule has 0 radical (unpaired) electrons. The molecule has 0 aliphatic rings. The van der Waals surface area contributed by atoms with Crippen LogP contribution in [0.4, 0.5) is 4.79 Å². The zero-order valence-corrected chi connectivity index (χ0v) is 6.66. The second kappa shape index (κ2) is 5.52. The molecule has 0 aliphatic carbocycles. The Bertz CT molecular complexity index is 138. The van der Waals surface area contributed by atoms with Gasteiger partial charge < -0.3 is 10.2 Å². The van der Waals surface area contributed by atoms with E-state index in [4.69, 9.17) is 0 Å². The minimum Gasteiger partial charge on any atom is -0.320 e. The molecule has 0 heterocycles. The van der Waals surface area contributed by atoms with Gasteiger partial charge in [0.05, 0.1) is 6.54 Å². The van der Waals surface area contributed by atoms with E-state index in [0.717, 1.165) is 5.06 Å². The summed E-state index contributed by atoms with van der Waals surface area (Å²) >= 11 is 0. The molecule has 0 rings (SSSR count). The number of nitrogens with one attached hydrogen (secondary N) is 1. The molecule has 11 heavy (non-hydrogen) atoms. The predicted octanol–water partition coefficient (Wildman–Crippen LogP) is 0.126. The molecule has 0 fully saturated rings. The molecule has 0 unspecified atom stereocenters. The van der Waals surface area contributed by atoms with Crippen LogP contribution in [0.2, 0.25) is 0 Å². The summed E-state index contributed by atoms with van der Waals surface area (Å²) in [6, 6.07) is 0. The van der Waals surface area contributed by atoms with E-state index >= 15 is 0 Å². The zero-order valence-electron chi connectivity index (χ0n) is 6.66. The molecule has 0 saturated carbocycles. The number of nitrogens with zero attached hydrogens (tertiary/aromatic N) is 1. The standard InChI is InChI=1S/C6H12N2O3/c1-3-7-6(10)11-8(4-2)5-9/h5H,3-4H2,1-2H3,(H,7,10). The molecule has 1 N–H and O–H groups in total. The lowest BCUT2D eigenvalue weighted by atomic mass is 10.7. The topological polar surface area (TPSA) is 58.6 Å². The van der Waals surface area contributed by atoms with Crippen molar-refractivity contribution in [2.24, 2.45) is 0 Å². The molecule has 0 atom stereocenters. The van der Waals surface area contributed by atoms with Crippen molar-refractivity contribution in [1.82, 2.24) is 10.4 Å². The molecular weight excluding hydrogens is 148 g/mol. The van der Waals surface area contributed by atoms with Gasteiger partial charge in [-0.1, -0.05) is 0 Å². The summed E-state index contributed by atoms with van der Waals surface area (Å²) in [6.45, 7) is 4.29. The van der Waals surface area contributed by atoms with E-state index in [-0.39, 0.29) is 0 Å². The van der Waals surface area contributed by atoms with E-state index in [2.05, 4.69) is 10.2 Å². The smallest absolute Gasteiger partial charge is 0.320 e. The number of hydrogen-bond acceptors (Lipinski definition) is 3. The average molecular weight is 160 g/mol. The van der Waals surface area contributed by atoms with Crippen LogP contribution in [0.25, 0.3) is 0 Å². The molecule has 5 nitrogen and oxygen atoms in total. The second-order valence-electron chi connectivity index (χ2n) is 1.75. The third-order valence-corrected chi connectivity index (χ3v) is 0.951. The largest absolute Gasteiger partial charge is 0.431 e. The third-order valence-electron chi connectivity index (χ3n) is 0.951. The number of amides is 2. The highest BCUT2D eigenvalue weighted by molar-refractivity contribution is 5.67. The second-order valence-corrected chi connectivity index (χ2v) is 1.75. The summed E-state index contributed by atoms with van der Waals surface area (Å²) in [6.07, 6.45) is -0.156. The highest BCUT2D eigenvalue weighted by Crippen LogP contribution is 1.84. The lowest BCUT2D eigenvalue weighted by Crippen LogP contribution is -2.32. The molecule has 0 saturated heterocycles. The van der Waals surface area contributed by atoms with Crippen LogP contribution in [0, 0.1) is 0 Å². The lowest BCUT2D eigenvalue weighted by molar-refractivity contribution is -0.149. The maximum atomic E-state index is 10.6. The maximum absolute atomic E-state index is 10.6. The molecule has 0 spiro atoms. The van der Waals surface area contributed by atoms with Crippen LogP contribution < -0.4 is 5.32 Å². The van der Waals surface area contributed by atoms with Crippen LogP contribution in [0.15, 0.2) is 0 Å². The van der Waals surface area contributed by atoms with Crippen LogP contribution in [-0.2, 0) is 9.63 Å². The summed E-state index contributed by atoms with van der Waals surface area (Å²) in [5, 5.41) is 3.29. The van der Waals surface area contributed by atoms with Gasteiger partial charge in [-0.3, -0.25) is 4.79 Å². The van der Waals surface area contributed by atoms with Crippen LogP contribution in [0.5, 0.6) is 0 Å².